The van der Waals surface area contributed by atoms with E-state index < -0.39 is 5.95 Å². The van der Waals surface area contributed by atoms with E-state index in [1.54, 1.807) is 12.4 Å². The molecule has 1 aromatic carbocycles. The average Bonchev–Trinajstić information content (AvgIpc) is 2.95. The van der Waals surface area contributed by atoms with Gasteiger partial charge in [-0.3, -0.25) is 9.78 Å². The van der Waals surface area contributed by atoms with Crippen LogP contribution in [-0.2, 0) is 17.6 Å². The van der Waals surface area contributed by atoms with Gasteiger partial charge in [0.2, 0.25) is 17.8 Å². The summed E-state index contributed by atoms with van der Waals surface area (Å²) in [6.07, 6.45) is 10.6. The molecule has 2 aliphatic rings. The van der Waals surface area contributed by atoms with E-state index in [0.29, 0.717) is 18.2 Å². The normalized spacial score (nSPS) is 15.1. The number of carbonyl (C=O) groups is 1. The van der Waals surface area contributed by atoms with E-state index >= 15 is 0 Å². The van der Waals surface area contributed by atoms with Crippen LogP contribution in [-0.4, -0.2) is 38.9 Å². The molecule has 6 rings (SSSR count). The summed E-state index contributed by atoms with van der Waals surface area (Å²) in [6, 6.07) is 11.3. The largest absolute Gasteiger partial charge is 0.371 e. The summed E-state index contributed by atoms with van der Waals surface area (Å²) in [5.41, 5.74) is 6.42. The fraction of sp³-hybridized carbons (Fsp3) is 0.300. The Morgan fingerprint density at radius 3 is 2.75 bits per heavy atom. The van der Waals surface area contributed by atoms with Crippen molar-refractivity contribution in [3.05, 3.63) is 83.8 Å². The van der Waals surface area contributed by atoms with E-state index in [9.17, 15) is 9.18 Å². The van der Waals surface area contributed by atoms with Gasteiger partial charge in [0.25, 0.3) is 0 Å². The van der Waals surface area contributed by atoms with Crippen molar-refractivity contribution in [3.8, 4) is 0 Å². The predicted molar refractivity (Wildman–Crippen MR) is 154 cm³/mol. The maximum atomic E-state index is 13.5. The standard InChI is InChI=1S/C30H31FN8O/c1-19-16-34-30-36-24-12-21(17-32-18-24)2-3-22-14-23(35-29(19)38-30)4-5-26(22)37-28(40)13-20-7-10-39(11-8-20)25-6-9-33-27(31)15-25/h4-6,9,12,14-18,20H,2-3,7-8,10-11,13H2,1H3,(H,37,40)(H2,34,35,36,38). The van der Waals surface area contributed by atoms with Crippen molar-refractivity contribution >= 4 is 40.4 Å². The molecule has 1 saturated heterocycles. The molecule has 0 unspecified atom stereocenters. The van der Waals surface area contributed by atoms with Crippen LogP contribution < -0.4 is 20.9 Å². The van der Waals surface area contributed by atoms with Gasteiger partial charge >= 0.3 is 0 Å². The smallest absolute Gasteiger partial charge is 0.229 e. The van der Waals surface area contributed by atoms with Crippen molar-refractivity contribution in [3.63, 3.8) is 0 Å². The number of benzene rings is 1. The van der Waals surface area contributed by atoms with Gasteiger partial charge in [-0.1, -0.05) is 0 Å². The van der Waals surface area contributed by atoms with Crippen LogP contribution in [0, 0.1) is 18.8 Å². The number of hydrogen-bond donors (Lipinski definition) is 3. The number of carbonyl (C=O) groups excluding carboxylic acids is 1. The Kier molecular flexibility index (Phi) is 7.22. The molecule has 1 fully saturated rings. The zero-order valence-electron chi connectivity index (χ0n) is 22.3. The zero-order chi connectivity index (χ0) is 27.5. The zero-order valence-corrected chi connectivity index (χ0v) is 22.3. The second-order valence-corrected chi connectivity index (χ2v) is 10.4. The number of hydrogen-bond acceptors (Lipinski definition) is 8. The molecule has 6 bridgehead atoms. The first-order valence-electron chi connectivity index (χ1n) is 13.6. The maximum Gasteiger partial charge on any atom is 0.229 e. The molecule has 0 radical (unpaired) electrons. The topological polar surface area (TPSA) is 108 Å². The number of nitrogens with zero attached hydrogens (tertiary/aromatic N) is 5. The molecule has 9 nitrogen and oxygen atoms in total. The Hall–Kier alpha value is -4.60. The first kappa shape index (κ1) is 25.7. The molecular formula is C30H31FN8O. The second kappa shape index (κ2) is 11.3. The van der Waals surface area contributed by atoms with Crippen LogP contribution in [0.2, 0.25) is 0 Å². The molecule has 0 spiro atoms. The van der Waals surface area contributed by atoms with Crippen LogP contribution in [0.5, 0.6) is 0 Å². The van der Waals surface area contributed by atoms with E-state index in [4.69, 9.17) is 0 Å². The SMILES string of the molecule is Cc1cnc2nc1Nc1ccc(NC(=O)CC3CCN(c4ccnc(F)c4)CC3)c(c1)CCc1cncc(c1)N2. The van der Waals surface area contributed by atoms with Crippen LogP contribution in [0.25, 0.3) is 0 Å². The van der Waals surface area contributed by atoms with Gasteiger partial charge in [-0.25, -0.2) is 9.97 Å². The molecule has 0 aliphatic carbocycles. The van der Waals surface area contributed by atoms with Crippen molar-refractivity contribution in [2.45, 2.75) is 39.0 Å². The van der Waals surface area contributed by atoms with Crippen molar-refractivity contribution < 1.29 is 9.18 Å². The molecule has 1 amide bonds. The van der Waals surface area contributed by atoms with Gasteiger partial charge in [-0.05, 0) is 80.0 Å². The third kappa shape index (κ3) is 6.01. The molecule has 2 aliphatic heterocycles. The van der Waals surface area contributed by atoms with Crippen molar-refractivity contribution in [1.29, 1.82) is 0 Å². The van der Waals surface area contributed by atoms with Crippen molar-refractivity contribution in [2.24, 2.45) is 5.92 Å². The van der Waals surface area contributed by atoms with Gasteiger partial charge < -0.3 is 20.9 Å². The molecule has 10 heteroatoms. The number of aryl methyl sites for hydroxylation is 3. The summed E-state index contributed by atoms with van der Waals surface area (Å²) in [4.78, 5) is 32.4. The van der Waals surface area contributed by atoms with Crippen LogP contribution in [0.15, 0.2) is 61.2 Å². The quantitative estimate of drug-likeness (QED) is 0.291. The maximum absolute atomic E-state index is 13.5. The highest BCUT2D eigenvalue weighted by molar-refractivity contribution is 5.92. The molecule has 5 heterocycles. The lowest BCUT2D eigenvalue weighted by molar-refractivity contribution is -0.117. The fourth-order valence-electron chi connectivity index (χ4n) is 5.31. The van der Waals surface area contributed by atoms with Gasteiger partial charge in [0.15, 0.2) is 0 Å². The van der Waals surface area contributed by atoms with E-state index in [-0.39, 0.29) is 11.8 Å². The molecular weight excluding hydrogens is 507 g/mol. The summed E-state index contributed by atoms with van der Waals surface area (Å²) >= 11 is 0. The van der Waals surface area contributed by atoms with Crippen LogP contribution in [0.4, 0.5) is 38.9 Å². The Morgan fingerprint density at radius 1 is 1.02 bits per heavy atom. The summed E-state index contributed by atoms with van der Waals surface area (Å²) in [5, 5.41) is 9.83. The van der Waals surface area contributed by atoms with E-state index in [1.807, 2.05) is 31.3 Å². The summed E-state index contributed by atoms with van der Waals surface area (Å²) in [6.45, 7) is 3.54. The number of amides is 1. The highest BCUT2D eigenvalue weighted by Gasteiger charge is 2.23. The number of aromatic nitrogens is 4. The van der Waals surface area contributed by atoms with Crippen LogP contribution in [0.3, 0.4) is 0 Å². The number of anilines is 6. The van der Waals surface area contributed by atoms with Gasteiger partial charge in [0, 0.05) is 66.8 Å². The Bertz CT molecular complexity index is 1540. The Labute approximate surface area is 232 Å². The number of piperidine rings is 1. The van der Waals surface area contributed by atoms with Crippen LogP contribution >= 0.6 is 0 Å². The van der Waals surface area contributed by atoms with Gasteiger partial charge in [-0.15, -0.1) is 0 Å². The number of nitrogens with one attached hydrogen (secondary N) is 3. The van der Waals surface area contributed by atoms with Gasteiger partial charge in [0.1, 0.15) is 5.82 Å². The predicted octanol–water partition coefficient (Wildman–Crippen LogP) is 5.55. The minimum absolute atomic E-state index is 0.0115. The van der Waals surface area contributed by atoms with Gasteiger partial charge in [0.05, 0.1) is 11.9 Å². The third-order valence-corrected chi connectivity index (χ3v) is 7.51. The highest BCUT2D eigenvalue weighted by atomic mass is 19.1. The fourth-order valence-corrected chi connectivity index (χ4v) is 5.31. The Morgan fingerprint density at radius 2 is 1.90 bits per heavy atom. The van der Waals surface area contributed by atoms with Crippen LogP contribution in [0.1, 0.15) is 36.0 Å². The summed E-state index contributed by atoms with van der Waals surface area (Å²) < 4.78 is 13.5. The molecule has 204 valence electrons. The lowest BCUT2D eigenvalue weighted by atomic mass is 9.92. The monoisotopic (exact) mass is 538 g/mol. The minimum Gasteiger partial charge on any atom is -0.371 e. The number of halogens is 1. The lowest BCUT2D eigenvalue weighted by Crippen LogP contribution is -2.35. The van der Waals surface area contributed by atoms with Crippen molar-refractivity contribution in [1.82, 2.24) is 19.9 Å². The lowest BCUT2D eigenvalue weighted by Gasteiger charge is -2.33. The molecule has 4 aromatic rings. The summed E-state index contributed by atoms with van der Waals surface area (Å²) in [5.74, 6) is 1.03. The molecule has 0 saturated carbocycles. The second-order valence-electron chi connectivity index (χ2n) is 10.4. The molecule has 3 aromatic heterocycles. The number of pyridine rings is 2. The minimum atomic E-state index is -0.471. The molecule has 0 atom stereocenters. The van der Waals surface area contributed by atoms with E-state index in [2.05, 4.69) is 52.9 Å². The van der Waals surface area contributed by atoms with Gasteiger partial charge in [-0.2, -0.15) is 9.37 Å². The molecule has 3 N–H and O–H groups in total. The Balaban J connectivity index is 1.16. The molecule has 40 heavy (non-hydrogen) atoms. The number of rotatable bonds is 4. The first-order valence-corrected chi connectivity index (χ1v) is 13.6. The summed E-state index contributed by atoms with van der Waals surface area (Å²) in [7, 11) is 0. The average molecular weight is 539 g/mol. The van der Waals surface area contributed by atoms with Crippen molar-refractivity contribution in [2.75, 3.05) is 33.9 Å². The third-order valence-electron chi connectivity index (χ3n) is 7.51. The first-order chi connectivity index (χ1) is 19.5. The highest BCUT2D eigenvalue weighted by Crippen LogP contribution is 2.29. The van der Waals surface area contributed by atoms with E-state index in [1.165, 1.54) is 12.3 Å². The van der Waals surface area contributed by atoms with E-state index in [0.717, 1.165) is 78.2 Å². The number of fused-ring (bicyclic) bond motifs is 6.